The van der Waals surface area contributed by atoms with E-state index in [1.54, 1.807) is 18.0 Å². The van der Waals surface area contributed by atoms with Crippen molar-refractivity contribution < 1.29 is 14.3 Å². The summed E-state index contributed by atoms with van der Waals surface area (Å²) in [6.45, 7) is 9.86. The summed E-state index contributed by atoms with van der Waals surface area (Å²) < 4.78 is 5.36. The monoisotopic (exact) mass is 410 g/mol. The van der Waals surface area contributed by atoms with Gasteiger partial charge in [-0.3, -0.25) is 4.90 Å². The molecule has 0 spiro atoms. The van der Waals surface area contributed by atoms with Crippen molar-refractivity contribution in [2.45, 2.75) is 26.2 Å². The highest BCUT2D eigenvalue weighted by Crippen LogP contribution is 2.40. The summed E-state index contributed by atoms with van der Waals surface area (Å²) >= 11 is 0. The van der Waals surface area contributed by atoms with Gasteiger partial charge in [0.1, 0.15) is 0 Å². The predicted octanol–water partition coefficient (Wildman–Crippen LogP) is 3.03. The van der Waals surface area contributed by atoms with E-state index in [0.717, 1.165) is 35.2 Å². The van der Waals surface area contributed by atoms with E-state index in [-0.39, 0.29) is 18.1 Å². The van der Waals surface area contributed by atoms with Gasteiger partial charge in [0.15, 0.2) is 0 Å². The number of H-pyrrole nitrogens is 1. The minimum atomic E-state index is -0.417. The molecule has 2 amide bonds. The highest BCUT2D eigenvalue weighted by Gasteiger charge is 2.38. The Morgan fingerprint density at radius 2 is 1.83 bits per heavy atom. The van der Waals surface area contributed by atoms with Crippen LogP contribution in [0.3, 0.4) is 0 Å². The zero-order valence-corrected chi connectivity index (χ0v) is 18.2. The van der Waals surface area contributed by atoms with Crippen LogP contribution in [0.1, 0.15) is 32.0 Å². The number of aromatic nitrogens is 1. The van der Waals surface area contributed by atoms with Crippen molar-refractivity contribution in [2.75, 3.05) is 46.4 Å². The molecule has 1 fully saturated rings. The van der Waals surface area contributed by atoms with Crippen molar-refractivity contribution in [1.29, 1.82) is 0 Å². The highest BCUT2D eigenvalue weighted by atomic mass is 16.5. The van der Waals surface area contributed by atoms with Gasteiger partial charge in [0.2, 0.25) is 0 Å². The molecule has 3 heterocycles. The largest absolute Gasteiger partial charge is 0.462 e. The van der Waals surface area contributed by atoms with Gasteiger partial charge in [0, 0.05) is 55.2 Å². The second-order valence-electron chi connectivity index (χ2n) is 8.77. The number of nitrogens with zero attached hydrogens (tertiary/aromatic N) is 3. The molecule has 1 N–H and O–H groups in total. The summed E-state index contributed by atoms with van der Waals surface area (Å²) in [6, 6.07) is 7.98. The number of hydrogen-bond acceptors (Lipinski definition) is 4. The van der Waals surface area contributed by atoms with Gasteiger partial charge < -0.3 is 19.5 Å². The third kappa shape index (κ3) is 3.58. The highest BCUT2D eigenvalue weighted by molar-refractivity contribution is 6.18. The Hall–Kier alpha value is -2.80. The lowest BCUT2D eigenvalue weighted by molar-refractivity contribution is -0.136. The van der Waals surface area contributed by atoms with Crippen molar-refractivity contribution >= 4 is 28.5 Å². The Balaban J connectivity index is 1.80. The molecule has 7 nitrogen and oxygen atoms in total. The second kappa shape index (κ2) is 7.80. The third-order valence-corrected chi connectivity index (χ3v) is 6.02. The fourth-order valence-electron chi connectivity index (χ4n) is 4.48. The first-order valence-corrected chi connectivity index (χ1v) is 10.6. The van der Waals surface area contributed by atoms with E-state index in [2.05, 4.69) is 36.8 Å². The van der Waals surface area contributed by atoms with Crippen LogP contribution in [0.4, 0.5) is 4.79 Å². The van der Waals surface area contributed by atoms with Gasteiger partial charge in [0.25, 0.3) is 0 Å². The number of rotatable bonds is 2. The van der Waals surface area contributed by atoms with Crippen molar-refractivity contribution in [1.82, 2.24) is 19.7 Å². The summed E-state index contributed by atoms with van der Waals surface area (Å²) in [5.74, 6) is -0.417. The fraction of sp³-hybridized carbons (Fsp3) is 0.478. The number of fused-ring (bicyclic) bond motifs is 3. The van der Waals surface area contributed by atoms with Crippen LogP contribution in [-0.4, -0.2) is 78.1 Å². The molecule has 160 valence electrons. The van der Waals surface area contributed by atoms with E-state index < -0.39 is 5.97 Å². The number of amides is 2. The number of carbonyl (C=O) groups is 2. The lowest BCUT2D eigenvalue weighted by atomic mass is 9.82. The second-order valence-corrected chi connectivity index (χ2v) is 8.77. The number of ether oxygens (including phenoxy) is 1. The summed E-state index contributed by atoms with van der Waals surface area (Å²) in [6.07, 6.45) is 1.68. The summed E-state index contributed by atoms with van der Waals surface area (Å²) in [7, 11) is 2.06. The number of likely N-dealkylation sites (N-methyl/N-ethyl adjacent to an activating group) is 1. The van der Waals surface area contributed by atoms with E-state index in [0.29, 0.717) is 25.2 Å². The summed E-state index contributed by atoms with van der Waals surface area (Å²) in [5, 5.41) is 1.07. The molecule has 2 aliphatic heterocycles. The molecule has 0 saturated carbocycles. The number of esters is 1. The maximum atomic E-state index is 13.4. The SMILES string of the molecule is CCOC(=O)C1=CN(C(=O)N2CCN(C)CC2)CC(C)(C)c2c1[nH]c1ccccc21. The number of benzene rings is 1. The summed E-state index contributed by atoms with van der Waals surface area (Å²) in [5.41, 5.74) is 2.81. The molecule has 2 aromatic rings. The van der Waals surface area contributed by atoms with Gasteiger partial charge in [-0.2, -0.15) is 0 Å². The number of urea groups is 1. The first-order chi connectivity index (χ1) is 14.3. The minimum Gasteiger partial charge on any atom is -0.462 e. The number of nitrogens with one attached hydrogen (secondary N) is 1. The molecule has 0 bridgehead atoms. The molecular formula is C23H30N4O3. The number of aromatic amines is 1. The molecule has 0 aliphatic carbocycles. The predicted molar refractivity (Wildman–Crippen MR) is 117 cm³/mol. The van der Waals surface area contributed by atoms with Gasteiger partial charge in [0.05, 0.1) is 17.9 Å². The van der Waals surface area contributed by atoms with Gasteiger partial charge in [-0.25, -0.2) is 9.59 Å². The van der Waals surface area contributed by atoms with E-state index in [1.807, 2.05) is 23.1 Å². The quantitative estimate of drug-likeness (QED) is 0.773. The smallest absolute Gasteiger partial charge is 0.341 e. The Bertz CT molecular complexity index is 999. The van der Waals surface area contributed by atoms with Crippen LogP contribution in [0, 0.1) is 0 Å². The third-order valence-electron chi connectivity index (χ3n) is 6.02. The van der Waals surface area contributed by atoms with Crippen LogP contribution in [0.5, 0.6) is 0 Å². The van der Waals surface area contributed by atoms with Gasteiger partial charge in [-0.05, 0) is 25.6 Å². The number of piperazine rings is 1. The Morgan fingerprint density at radius 3 is 2.53 bits per heavy atom. The molecule has 30 heavy (non-hydrogen) atoms. The van der Waals surface area contributed by atoms with Crippen LogP contribution < -0.4 is 0 Å². The zero-order valence-electron chi connectivity index (χ0n) is 18.2. The zero-order chi connectivity index (χ0) is 21.5. The van der Waals surface area contributed by atoms with Crippen LogP contribution >= 0.6 is 0 Å². The minimum absolute atomic E-state index is 0.0626. The summed E-state index contributed by atoms with van der Waals surface area (Å²) in [4.78, 5) is 35.5. The fourth-order valence-corrected chi connectivity index (χ4v) is 4.48. The van der Waals surface area contributed by atoms with Crippen molar-refractivity contribution in [3.05, 3.63) is 41.7 Å². The van der Waals surface area contributed by atoms with Crippen LogP contribution in [0.15, 0.2) is 30.5 Å². The molecule has 1 aromatic carbocycles. The molecule has 7 heteroatoms. The Labute approximate surface area is 177 Å². The Kier molecular flexibility index (Phi) is 5.32. The normalized spacial score (nSPS) is 19.3. The molecular weight excluding hydrogens is 380 g/mol. The maximum Gasteiger partial charge on any atom is 0.341 e. The average molecular weight is 411 g/mol. The average Bonchev–Trinajstić information content (AvgIpc) is 3.06. The van der Waals surface area contributed by atoms with Crippen LogP contribution in [0.25, 0.3) is 16.5 Å². The van der Waals surface area contributed by atoms with Crippen molar-refractivity contribution in [3.8, 4) is 0 Å². The molecule has 4 rings (SSSR count). The number of carbonyl (C=O) groups excluding carboxylic acids is 2. The molecule has 1 aromatic heterocycles. The molecule has 0 atom stereocenters. The van der Waals surface area contributed by atoms with E-state index >= 15 is 0 Å². The molecule has 0 radical (unpaired) electrons. The van der Waals surface area contributed by atoms with E-state index in [1.165, 1.54) is 0 Å². The van der Waals surface area contributed by atoms with Gasteiger partial charge >= 0.3 is 12.0 Å². The topological polar surface area (TPSA) is 68.9 Å². The van der Waals surface area contributed by atoms with Crippen LogP contribution in [0.2, 0.25) is 0 Å². The lowest BCUT2D eigenvalue weighted by Crippen LogP contribution is -2.52. The first-order valence-electron chi connectivity index (χ1n) is 10.6. The number of para-hydroxylation sites is 1. The van der Waals surface area contributed by atoms with Gasteiger partial charge in [-0.15, -0.1) is 0 Å². The lowest BCUT2D eigenvalue weighted by Gasteiger charge is -2.37. The number of hydrogen-bond donors (Lipinski definition) is 1. The standard InChI is InChI=1S/C23H30N4O3/c1-5-30-21(28)17-14-27(22(29)26-12-10-25(4)11-13-26)15-23(2,3)19-16-8-6-7-9-18(16)24-20(17)19/h6-9,14,24H,5,10-13,15H2,1-4H3. The van der Waals surface area contributed by atoms with E-state index in [4.69, 9.17) is 4.74 Å². The van der Waals surface area contributed by atoms with E-state index in [9.17, 15) is 9.59 Å². The molecule has 0 unspecified atom stereocenters. The van der Waals surface area contributed by atoms with Crippen LogP contribution in [-0.2, 0) is 14.9 Å². The van der Waals surface area contributed by atoms with Crippen molar-refractivity contribution in [2.24, 2.45) is 0 Å². The molecule has 2 aliphatic rings. The maximum absolute atomic E-state index is 13.4. The van der Waals surface area contributed by atoms with Crippen molar-refractivity contribution in [3.63, 3.8) is 0 Å². The van der Waals surface area contributed by atoms with Gasteiger partial charge in [-0.1, -0.05) is 32.0 Å². The molecule has 1 saturated heterocycles. The Morgan fingerprint density at radius 1 is 1.13 bits per heavy atom. The first kappa shape index (κ1) is 20.5.